The number of nitriles is 1. The second-order valence-electron chi connectivity index (χ2n) is 8.35. The first-order valence-corrected chi connectivity index (χ1v) is 9.37. The van der Waals surface area contributed by atoms with E-state index in [4.69, 9.17) is 5.26 Å². The summed E-state index contributed by atoms with van der Waals surface area (Å²) in [6.45, 7) is 6.23. The molecule has 32 heavy (non-hydrogen) atoms. The molecule has 0 saturated carbocycles. The number of aromatic nitrogens is 2. The van der Waals surface area contributed by atoms with Crippen molar-refractivity contribution in [1.29, 1.82) is 5.26 Å². The standard InChI is InChI=1S/C20H23F3N6O3/c1-18(2,3)28-17(31)27-14-9-25-29(10-14)11-19(4,32)16(30)26-13-6-5-12(8-24)15(7-13)20(21,22)23/h5-7,9-10,32H,11H2,1-4H3,(H,26,30)(H2,27,28,31)/t19-/m0/s1. The van der Waals surface area contributed by atoms with Gasteiger partial charge in [-0.2, -0.15) is 23.5 Å². The van der Waals surface area contributed by atoms with E-state index in [0.717, 1.165) is 19.1 Å². The van der Waals surface area contributed by atoms with Gasteiger partial charge in [-0.15, -0.1) is 0 Å². The third kappa shape index (κ3) is 6.71. The number of anilines is 2. The predicted octanol–water partition coefficient (Wildman–Crippen LogP) is 3.08. The van der Waals surface area contributed by atoms with Crippen molar-refractivity contribution in [3.05, 3.63) is 41.7 Å². The average Bonchev–Trinajstić information content (AvgIpc) is 3.05. The largest absolute Gasteiger partial charge is 0.417 e. The lowest BCUT2D eigenvalue weighted by Crippen LogP contribution is -2.44. The van der Waals surface area contributed by atoms with E-state index in [2.05, 4.69) is 21.0 Å². The summed E-state index contributed by atoms with van der Waals surface area (Å²) >= 11 is 0. The molecule has 3 amide bonds. The first-order chi connectivity index (χ1) is 14.6. The maximum Gasteiger partial charge on any atom is 0.417 e. The van der Waals surface area contributed by atoms with Crippen molar-refractivity contribution < 1.29 is 27.9 Å². The van der Waals surface area contributed by atoms with Crippen LogP contribution in [0.2, 0.25) is 0 Å². The highest BCUT2D eigenvalue weighted by Crippen LogP contribution is 2.33. The van der Waals surface area contributed by atoms with Crippen LogP contribution in [0.25, 0.3) is 0 Å². The van der Waals surface area contributed by atoms with E-state index < -0.39 is 40.4 Å². The van der Waals surface area contributed by atoms with E-state index in [-0.39, 0.29) is 12.2 Å². The molecule has 9 nitrogen and oxygen atoms in total. The van der Waals surface area contributed by atoms with Crippen LogP contribution in [0.4, 0.5) is 29.3 Å². The number of carbonyl (C=O) groups excluding carboxylic acids is 2. The number of nitrogens with zero attached hydrogens (tertiary/aromatic N) is 3. The van der Waals surface area contributed by atoms with Crippen LogP contribution in [0.5, 0.6) is 0 Å². The van der Waals surface area contributed by atoms with Gasteiger partial charge < -0.3 is 21.1 Å². The smallest absolute Gasteiger partial charge is 0.378 e. The summed E-state index contributed by atoms with van der Waals surface area (Å²) in [5.41, 5.74) is -4.22. The van der Waals surface area contributed by atoms with Crippen molar-refractivity contribution >= 4 is 23.3 Å². The zero-order chi connectivity index (χ0) is 24.3. The number of aliphatic hydroxyl groups is 1. The molecule has 4 N–H and O–H groups in total. The normalized spacial score (nSPS) is 13.6. The van der Waals surface area contributed by atoms with Gasteiger partial charge >= 0.3 is 12.2 Å². The monoisotopic (exact) mass is 452 g/mol. The Morgan fingerprint density at radius 2 is 1.81 bits per heavy atom. The molecule has 0 aliphatic carbocycles. The molecule has 1 aromatic heterocycles. The molecule has 1 heterocycles. The third-order valence-electron chi connectivity index (χ3n) is 4.04. The summed E-state index contributed by atoms with van der Waals surface area (Å²) in [6, 6.07) is 3.66. The van der Waals surface area contributed by atoms with E-state index in [1.54, 1.807) is 20.8 Å². The molecule has 0 aliphatic heterocycles. The molecule has 12 heteroatoms. The summed E-state index contributed by atoms with van der Waals surface area (Å²) < 4.78 is 40.5. The van der Waals surface area contributed by atoms with E-state index in [0.29, 0.717) is 11.8 Å². The Morgan fingerprint density at radius 1 is 1.16 bits per heavy atom. The Hall–Kier alpha value is -3.59. The second kappa shape index (κ2) is 8.88. The van der Waals surface area contributed by atoms with Crippen LogP contribution < -0.4 is 16.0 Å². The topological polar surface area (TPSA) is 132 Å². The minimum absolute atomic E-state index is 0.233. The van der Waals surface area contributed by atoms with Gasteiger partial charge in [0.2, 0.25) is 0 Å². The first-order valence-electron chi connectivity index (χ1n) is 9.37. The maximum atomic E-state index is 13.1. The van der Waals surface area contributed by atoms with Crippen LogP contribution in [-0.4, -0.2) is 38.0 Å². The molecule has 0 bridgehead atoms. The van der Waals surface area contributed by atoms with Crippen LogP contribution in [0, 0.1) is 11.3 Å². The number of rotatable bonds is 5. The highest BCUT2D eigenvalue weighted by atomic mass is 19.4. The van der Waals surface area contributed by atoms with Crippen molar-refractivity contribution in [3.63, 3.8) is 0 Å². The number of amides is 3. The number of halogens is 3. The Labute approximate surface area is 182 Å². The number of hydrogen-bond donors (Lipinski definition) is 4. The average molecular weight is 452 g/mol. The molecular weight excluding hydrogens is 429 g/mol. The van der Waals surface area contributed by atoms with Gasteiger partial charge in [-0.25, -0.2) is 4.79 Å². The number of benzene rings is 1. The van der Waals surface area contributed by atoms with E-state index in [1.165, 1.54) is 23.1 Å². The first kappa shape index (κ1) is 24.7. The van der Waals surface area contributed by atoms with Crippen LogP contribution in [0.1, 0.15) is 38.8 Å². The van der Waals surface area contributed by atoms with Crippen molar-refractivity contribution in [1.82, 2.24) is 15.1 Å². The highest BCUT2D eigenvalue weighted by molar-refractivity contribution is 5.97. The molecule has 0 radical (unpaired) electrons. The van der Waals surface area contributed by atoms with Gasteiger partial charge in [0.05, 0.1) is 35.6 Å². The molecular formula is C20H23F3N6O3. The summed E-state index contributed by atoms with van der Waals surface area (Å²) in [5, 5.41) is 30.8. The fourth-order valence-electron chi connectivity index (χ4n) is 2.62. The summed E-state index contributed by atoms with van der Waals surface area (Å²) in [5.74, 6) is -0.981. The summed E-state index contributed by atoms with van der Waals surface area (Å²) in [7, 11) is 0. The van der Waals surface area contributed by atoms with Gasteiger partial charge in [0.1, 0.15) is 0 Å². The van der Waals surface area contributed by atoms with Crippen molar-refractivity contribution in [2.75, 3.05) is 10.6 Å². The van der Waals surface area contributed by atoms with E-state index >= 15 is 0 Å². The van der Waals surface area contributed by atoms with Crippen LogP contribution >= 0.6 is 0 Å². The lowest BCUT2D eigenvalue weighted by Gasteiger charge is -2.22. The SMILES string of the molecule is CC(C)(C)NC(=O)Nc1cnn(C[C@](C)(O)C(=O)Nc2ccc(C#N)c(C(F)(F)F)c2)c1. The Morgan fingerprint density at radius 3 is 2.38 bits per heavy atom. The molecule has 1 aromatic carbocycles. The zero-order valence-corrected chi connectivity index (χ0v) is 17.8. The van der Waals surface area contributed by atoms with Gasteiger partial charge in [0.25, 0.3) is 5.91 Å². The van der Waals surface area contributed by atoms with E-state index in [1.807, 2.05) is 0 Å². The van der Waals surface area contributed by atoms with Crippen molar-refractivity contribution in [3.8, 4) is 6.07 Å². The number of hydrogen-bond acceptors (Lipinski definition) is 5. The third-order valence-corrected chi connectivity index (χ3v) is 4.04. The van der Waals surface area contributed by atoms with Crippen LogP contribution in [-0.2, 0) is 17.5 Å². The van der Waals surface area contributed by atoms with Crippen molar-refractivity contribution in [2.24, 2.45) is 0 Å². The van der Waals surface area contributed by atoms with Crippen LogP contribution in [0.15, 0.2) is 30.6 Å². The Balaban J connectivity index is 2.08. The number of nitrogens with one attached hydrogen (secondary N) is 3. The molecule has 0 aliphatic rings. The molecule has 2 aromatic rings. The molecule has 1 atom stereocenters. The lowest BCUT2D eigenvalue weighted by atomic mass is 10.0. The van der Waals surface area contributed by atoms with Crippen LogP contribution in [0.3, 0.4) is 0 Å². The molecule has 0 saturated heterocycles. The fraction of sp³-hybridized carbons (Fsp3) is 0.400. The fourth-order valence-corrected chi connectivity index (χ4v) is 2.62. The Kier molecular flexibility index (Phi) is 6.84. The van der Waals surface area contributed by atoms with E-state index in [9.17, 15) is 27.9 Å². The van der Waals surface area contributed by atoms with Gasteiger partial charge in [-0.3, -0.25) is 9.48 Å². The number of urea groups is 1. The Bertz CT molecular complexity index is 1050. The minimum atomic E-state index is -4.79. The molecule has 0 unspecified atom stereocenters. The zero-order valence-electron chi connectivity index (χ0n) is 17.8. The number of alkyl halides is 3. The maximum absolute atomic E-state index is 13.1. The lowest BCUT2D eigenvalue weighted by molar-refractivity contribution is -0.138. The van der Waals surface area contributed by atoms with Gasteiger partial charge in [-0.05, 0) is 45.9 Å². The number of carbonyl (C=O) groups is 2. The second-order valence-corrected chi connectivity index (χ2v) is 8.35. The van der Waals surface area contributed by atoms with Gasteiger partial charge in [0, 0.05) is 17.4 Å². The molecule has 0 spiro atoms. The highest BCUT2D eigenvalue weighted by Gasteiger charge is 2.35. The summed E-state index contributed by atoms with van der Waals surface area (Å²) in [4.78, 5) is 24.4. The summed E-state index contributed by atoms with van der Waals surface area (Å²) in [6.07, 6.45) is -2.09. The molecule has 2 rings (SSSR count). The predicted molar refractivity (Wildman–Crippen MR) is 110 cm³/mol. The van der Waals surface area contributed by atoms with Crippen molar-refractivity contribution in [2.45, 2.75) is 51.6 Å². The quantitative estimate of drug-likeness (QED) is 0.554. The van der Waals surface area contributed by atoms with Gasteiger partial charge in [0.15, 0.2) is 5.60 Å². The van der Waals surface area contributed by atoms with Gasteiger partial charge in [-0.1, -0.05) is 0 Å². The minimum Gasteiger partial charge on any atom is -0.378 e. The molecule has 0 fully saturated rings. The molecule has 172 valence electrons.